The van der Waals surface area contributed by atoms with Crippen LogP contribution in [0.2, 0.25) is 0 Å². The number of para-hydroxylation sites is 1. The smallest absolute Gasteiger partial charge is 0.255 e. The van der Waals surface area contributed by atoms with Gasteiger partial charge < -0.3 is 5.32 Å². The first-order valence-corrected chi connectivity index (χ1v) is 8.39. The minimum Gasteiger partial charge on any atom is -0.321 e. The van der Waals surface area contributed by atoms with Gasteiger partial charge in [-0.05, 0) is 41.2 Å². The average Bonchev–Trinajstić information content (AvgIpc) is 2.46. The van der Waals surface area contributed by atoms with Crippen molar-refractivity contribution in [1.29, 1.82) is 0 Å². The summed E-state index contributed by atoms with van der Waals surface area (Å²) in [5, 5.41) is 3.13. The number of hydrogen-bond acceptors (Lipinski definition) is 1. The molecule has 0 saturated carbocycles. The fourth-order valence-corrected chi connectivity index (χ4v) is 2.91. The normalized spacial score (nSPS) is 11.0. The number of carbonyl (C=O) groups is 1. The van der Waals surface area contributed by atoms with E-state index in [1.165, 1.54) is 11.1 Å². The molecule has 0 bridgehead atoms. The van der Waals surface area contributed by atoms with E-state index in [2.05, 4.69) is 67.1 Å². The molecule has 0 unspecified atom stereocenters. The van der Waals surface area contributed by atoms with E-state index in [4.69, 9.17) is 0 Å². The molecule has 2 rings (SSSR count). The van der Waals surface area contributed by atoms with E-state index in [9.17, 15) is 4.79 Å². The zero-order chi connectivity index (χ0) is 16.3. The molecule has 0 aliphatic carbocycles. The molecule has 22 heavy (non-hydrogen) atoms. The lowest BCUT2D eigenvalue weighted by Gasteiger charge is -2.20. The van der Waals surface area contributed by atoms with Gasteiger partial charge in [0.25, 0.3) is 5.91 Å². The van der Waals surface area contributed by atoms with Crippen LogP contribution >= 0.6 is 15.9 Å². The summed E-state index contributed by atoms with van der Waals surface area (Å²) < 4.78 is 0.904. The van der Waals surface area contributed by atoms with Crippen LogP contribution in [0, 0.1) is 0 Å². The summed E-state index contributed by atoms with van der Waals surface area (Å²) in [6.45, 7) is 8.59. The molecule has 0 aliphatic heterocycles. The Labute approximate surface area is 141 Å². The van der Waals surface area contributed by atoms with Crippen LogP contribution in [0.15, 0.2) is 46.9 Å². The molecule has 0 heterocycles. The Morgan fingerprint density at radius 3 is 2.00 bits per heavy atom. The van der Waals surface area contributed by atoms with Crippen molar-refractivity contribution >= 4 is 27.5 Å². The van der Waals surface area contributed by atoms with Crippen LogP contribution in [0.25, 0.3) is 0 Å². The van der Waals surface area contributed by atoms with Crippen molar-refractivity contribution in [2.75, 3.05) is 5.32 Å². The van der Waals surface area contributed by atoms with E-state index in [1.807, 2.05) is 24.3 Å². The third-order valence-corrected chi connectivity index (χ3v) is 4.19. The SMILES string of the molecule is CC(C)c1cccc(C(C)C)c1NC(=O)c1cccc(Br)c1. The Morgan fingerprint density at radius 2 is 1.50 bits per heavy atom. The van der Waals surface area contributed by atoms with Gasteiger partial charge in [0.15, 0.2) is 0 Å². The summed E-state index contributed by atoms with van der Waals surface area (Å²) in [5.74, 6) is 0.643. The second kappa shape index (κ2) is 7.10. The minimum atomic E-state index is -0.0729. The maximum absolute atomic E-state index is 12.6. The monoisotopic (exact) mass is 359 g/mol. The molecule has 2 nitrogen and oxygen atoms in total. The molecular formula is C19H22BrNO. The number of benzene rings is 2. The molecule has 0 spiro atoms. The van der Waals surface area contributed by atoms with Gasteiger partial charge in [0, 0.05) is 15.7 Å². The van der Waals surface area contributed by atoms with E-state index in [1.54, 1.807) is 0 Å². The highest BCUT2D eigenvalue weighted by atomic mass is 79.9. The van der Waals surface area contributed by atoms with Crippen LogP contribution in [0.4, 0.5) is 5.69 Å². The summed E-state index contributed by atoms with van der Waals surface area (Å²) in [5.41, 5.74) is 3.96. The first kappa shape index (κ1) is 16.8. The van der Waals surface area contributed by atoms with Crippen LogP contribution in [0.5, 0.6) is 0 Å². The van der Waals surface area contributed by atoms with Crippen LogP contribution in [-0.4, -0.2) is 5.91 Å². The van der Waals surface area contributed by atoms with Crippen molar-refractivity contribution in [3.05, 3.63) is 63.6 Å². The Hall–Kier alpha value is -1.61. The van der Waals surface area contributed by atoms with Crippen LogP contribution in [-0.2, 0) is 0 Å². The highest BCUT2D eigenvalue weighted by Crippen LogP contribution is 2.32. The van der Waals surface area contributed by atoms with Gasteiger partial charge in [0.05, 0.1) is 0 Å². The summed E-state index contributed by atoms with van der Waals surface area (Å²) in [6, 6.07) is 13.7. The van der Waals surface area contributed by atoms with Gasteiger partial charge in [-0.3, -0.25) is 4.79 Å². The van der Waals surface area contributed by atoms with Gasteiger partial charge in [0.1, 0.15) is 0 Å². The van der Waals surface area contributed by atoms with Crippen molar-refractivity contribution in [3.63, 3.8) is 0 Å². The maximum atomic E-state index is 12.6. The van der Waals surface area contributed by atoms with Crippen molar-refractivity contribution < 1.29 is 4.79 Å². The number of halogens is 1. The van der Waals surface area contributed by atoms with Gasteiger partial charge in [-0.1, -0.05) is 67.9 Å². The van der Waals surface area contributed by atoms with E-state index >= 15 is 0 Å². The molecule has 2 aromatic carbocycles. The molecule has 0 saturated heterocycles. The number of anilines is 1. The number of nitrogens with one attached hydrogen (secondary N) is 1. The molecule has 3 heteroatoms. The van der Waals surface area contributed by atoms with Crippen molar-refractivity contribution in [1.82, 2.24) is 0 Å². The minimum absolute atomic E-state index is 0.0729. The van der Waals surface area contributed by atoms with Crippen LogP contribution in [0.3, 0.4) is 0 Å². The molecule has 116 valence electrons. The zero-order valence-corrected chi connectivity index (χ0v) is 15.1. The quantitative estimate of drug-likeness (QED) is 0.717. The highest BCUT2D eigenvalue weighted by Gasteiger charge is 2.16. The number of rotatable bonds is 4. The predicted octanol–water partition coefficient (Wildman–Crippen LogP) is 5.95. The average molecular weight is 360 g/mol. The number of carbonyl (C=O) groups excluding carboxylic acids is 1. The van der Waals surface area contributed by atoms with Gasteiger partial charge in [-0.25, -0.2) is 0 Å². The van der Waals surface area contributed by atoms with Gasteiger partial charge >= 0.3 is 0 Å². The maximum Gasteiger partial charge on any atom is 0.255 e. The first-order chi connectivity index (χ1) is 10.4. The molecule has 1 N–H and O–H groups in total. The molecular weight excluding hydrogens is 338 g/mol. The number of hydrogen-bond donors (Lipinski definition) is 1. The molecule has 0 fully saturated rings. The lowest BCUT2D eigenvalue weighted by atomic mass is 9.92. The Morgan fingerprint density at radius 1 is 0.955 bits per heavy atom. The van der Waals surface area contributed by atoms with Gasteiger partial charge in [-0.2, -0.15) is 0 Å². The second-order valence-corrected chi connectivity index (χ2v) is 7.00. The lowest BCUT2D eigenvalue weighted by molar-refractivity contribution is 0.102. The Kier molecular flexibility index (Phi) is 5.41. The van der Waals surface area contributed by atoms with Gasteiger partial charge in [-0.15, -0.1) is 0 Å². The summed E-state index contributed by atoms with van der Waals surface area (Å²) >= 11 is 3.41. The third-order valence-electron chi connectivity index (χ3n) is 3.70. The summed E-state index contributed by atoms with van der Waals surface area (Å²) in [6.07, 6.45) is 0. The fourth-order valence-electron chi connectivity index (χ4n) is 2.51. The van der Waals surface area contributed by atoms with Crippen molar-refractivity contribution in [3.8, 4) is 0 Å². The standard InChI is InChI=1S/C19H22BrNO/c1-12(2)16-9-6-10-17(13(3)4)18(16)21-19(22)14-7-5-8-15(20)11-14/h5-13H,1-4H3,(H,21,22). The van der Waals surface area contributed by atoms with E-state index < -0.39 is 0 Å². The predicted molar refractivity (Wildman–Crippen MR) is 96.7 cm³/mol. The van der Waals surface area contributed by atoms with Crippen molar-refractivity contribution in [2.24, 2.45) is 0 Å². The molecule has 0 aliphatic rings. The molecule has 0 atom stereocenters. The van der Waals surface area contributed by atoms with E-state index in [0.717, 1.165) is 10.2 Å². The van der Waals surface area contributed by atoms with E-state index in [-0.39, 0.29) is 5.91 Å². The molecule has 1 amide bonds. The molecule has 0 aromatic heterocycles. The first-order valence-electron chi connectivity index (χ1n) is 7.60. The lowest BCUT2D eigenvalue weighted by Crippen LogP contribution is -2.16. The Balaban J connectivity index is 2.41. The Bertz CT molecular complexity index is 651. The third kappa shape index (κ3) is 3.77. The van der Waals surface area contributed by atoms with Gasteiger partial charge in [0.2, 0.25) is 0 Å². The largest absolute Gasteiger partial charge is 0.321 e. The summed E-state index contributed by atoms with van der Waals surface area (Å²) in [4.78, 5) is 12.6. The second-order valence-electron chi connectivity index (χ2n) is 6.09. The van der Waals surface area contributed by atoms with Crippen molar-refractivity contribution in [2.45, 2.75) is 39.5 Å². The fraction of sp³-hybridized carbons (Fsp3) is 0.316. The highest BCUT2D eigenvalue weighted by molar-refractivity contribution is 9.10. The van der Waals surface area contributed by atoms with Crippen LogP contribution < -0.4 is 5.32 Å². The molecule has 2 aromatic rings. The zero-order valence-electron chi connectivity index (χ0n) is 13.5. The van der Waals surface area contributed by atoms with E-state index in [0.29, 0.717) is 17.4 Å². The molecule has 0 radical (unpaired) electrons. The number of amides is 1. The summed E-state index contributed by atoms with van der Waals surface area (Å²) in [7, 11) is 0. The topological polar surface area (TPSA) is 29.1 Å². The van der Waals surface area contributed by atoms with Crippen LogP contribution in [0.1, 0.15) is 61.0 Å².